The Morgan fingerprint density at radius 2 is 2.33 bits per heavy atom. The number of aliphatic hydroxyl groups excluding tert-OH is 1. The third-order valence-electron chi connectivity index (χ3n) is 3.66. The first-order valence-electron chi connectivity index (χ1n) is 7.50. The first-order valence-corrected chi connectivity index (χ1v) is 7.50. The second-order valence-corrected chi connectivity index (χ2v) is 5.35. The van der Waals surface area contributed by atoms with Crippen molar-refractivity contribution in [3.8, 4) is 0 Å². The van der Waals surface area contributed by atoms with Crippen molar-refractivity contribution in [3.63, 3.8) is 0 Å². The summed E-state index contributed by atoms with van der Waals surface area (Å²) >= 11 is 0. The van der Waals surface area contributed by atoms with Crippen molar-refractivity contribution in [3.05, 3.63) is 22.2 Å². The summed E-state index contributed by atoms with van der Waals surface area (Å²) in [6.07, 6.45) is 5.04. The number of nitrogen functional groups attached to an aromatic ring is 1. The monoisotopic (exact) mass is 296 g/mol. The van der Waals surface area contributed by atoms with Gasteiger partial charge in [0.2, 0.25) is 0 Å². The smallest absolute Gasteiger partial charge is 0.351 e. The summed E-state index contributed by atoms with van der Waals surface area (Å²) in [5, 5.41) is 12.3. The molecule has 1 saturated heterocycles. The number of anilines is 1. The molecule has 2 atom stereocenters. The van der Waals surface area contributed by atoms with Crippen LogP contribution in [0.3, 0.4) is 0 Å². The van der Waals surface area contributed by atoms with Crippen LogP contribution in [0.5, 0.6) is 0 Å². The van der Waals surface area contributed by atoms with Crippen LogP contribution in [0.4, 0.5) is 5.82 Å². The lowest BCUT2D eigenvalue weighted by atomic mass is 10.1. The van der Waals surface area contributed by atoms with Crippen LogP contribution in [-0.4, -0.2) is 40.5 Å². The largest absolute Gasteiger partial charge is 0.394 e. The Balaban J connectivity index is 2.18. The summed E-state index contributed by atoms with van der Waals surface area (Å²) in [5.41, 5.74) is 6.29. The van der Waals surface area contributed by atoms with E-state index in [1.54, 1.807) is 6.20 Å². The number of nitrogens with two attached hydrogens (primary N) is 1. The first kappa shape index (κ1) is 15.9. The van der Waals surface area contributed by atoms with Crippen molar-refractivity contribution in [1.82, 2.24) is 14.9 Å². The number of ether oxygens (including phenoxy) is 1. The molecule has 1 aliphatic rings. The number of aliphatic hydroxyl groups is 1. The number of nitrogens with zero attached hydrogens (tertiary/aromatic N) is 2. The quantitative estimate of drug-likeness (QED) is 0.640. The standard InChI is InChI=1S/C14H24N4O3/c1-2-3-4-5-10-8-18(14(20)17-13(10)15)12-7-16-6-11(9-19)21-12/h8,11-12,16,19H,2-7,9H2,1H3,(H2,15,17,20). The number of morpholine rings is 1. The molecule has 2 heterocycles. The number of aryl methyl sites for hydroxylation is 1. The number of hydrogen-bond donors (Lipinski definition) is 3. The summed E-state index contributed by atoms with van der Waals surface area (Å²) < 4.78 is 7.16. The molecule has 7 nitrogen and oxygen atoms in total. The van der Waals surface area contributed by atoms with Gasteiger partial charge in [-0.3, -0.25) is 4.57 Å². The molecule has 0 spiro atoms. The number of hydrogen-bond acceptors (Lipinski definition) is 6. The van der Waals surface area contributed by atoms with Gasteiger partial charge in [-0.05, 0) is 12.8 Å². The lowest BCUT2D eigenvalue weighted by molar-refractivity contribution is -0.0967. The molecule has 1 fully saturated rings. The van der Waals surface area contributed by atoms with Crippen molar-refractivity contribution in [2.24, 2.45) is 0 Å². The minimum Gasteiger partial charge on any atom is -0.394 e. The van der Waals surface area contributed by atoms with Gasteiger partial charge in [0.15, 0.2) is 6.23 Å². The van der Waals surface area contributed by atoms with Gasteiger partial charge in [-0.1, -0.05) is 19.8 Å². The maximum Gasteiger partial charge on any atom is 0.351 e. The van der Waals surface area contributed by atoms with Gasteiger partial charge in [0, 0.05) is 24.8 Å². The van der Waals surface area contributed by atoms with E-state index in [1.165, 1.54) is 4.57 Å². The summed E-state index contributed by atoms with van der Waals surface area (Å²) in [4.78, 5) is 15.9. The van der Waals surface area contributed by atoms with Crippen LogP contribution < -0.4 is 16.7 Å². The van der Waals surface area contributed by atoms with Gasteiger partial charge in [-0.15, -0.1) is 0 Å². The Hall–Kier alpha value is -1.44. The number of rotatable bonds is 6. The first-order chi connectivity index (χ1) is 10.2. The van der Waals surface area contributed by atoms with Crippen LogP contribution in [0.1, 0.15) is 38.0 Å². The van der Waals surface area contributed by atoms with Crippen molar-refractivity contribution in [1.29, 1.82) is 0 Å². The molecule has 118 valence electrons. The number of unbranched alkanes of at least 4 members (excludes halogenated alkanes) is 2. The molecule has 2 unspecified atom stereocenters. The van der Waals surface area contributed by atoms with E-state index in [2.05, 4.69) is 17.2 Å². The van der Waals surface area contributed by atoms with E-state index in [9.17, 15) is 9.90 Å². The SMILES string of the molecule is CCCCCc1cn(C2CNCC(CO)O2)c(=O)nc1N. The Bertz CT molecular complexity index is 517. The predicted molar refractivity (Wildman–Crippen MR) is 80.0 cm³/mol. The van der Waals surface area contributed by atoms with E-state index < -0.39 is 11.9 Å². The van der Waals surface area contributed by atoms with E-state index in [0.717, 1.165) is 31.2 Å². The molecule has 1 aliphatic heterocycles. The Labute approximate surface area is 124 Å². The molecular formula is C14H24N4O3. The summed E-state index contributed by atoms with van der Waals surface area (Å²) in [5.74, 6) is 0.301. The molecule has 1 aromatic heterocycles. The topological polar surface area (TPSA) is 102 Å². The Morgan fingerprint density at radius 1 is 1.52 bits per heavy atom. The maximum absolute atomic E-state index is 12.0. The number of nitrogens with one attached hydrogen (secondary N) is 1. The summed E-state index contributed by atoms with van der Waals surface area (Å²) in [6, 6.07) is 0. The average molecular weight is 296 g/mol. The van der Waals surface area contributed by atoms with Crippen molar-refractivity contribution in [2.75, 3.05) is 25.4 Å². The highest BCUT2D eigenvalue weighted by molar-refractivity contribution is 5.36. The van der Waals surface area contributed by atoms with Crippen molar-refractivity contribution in [2.45, 2.75) is 44.9 Å². The summed E-state index contributed by atoms with van der Waals surface area (Å²) in [6.45, 7) is 3.15. The third-order valence-corrected chi connectivity index (χ3v) is 3.66. The van der Waals surface area contributed by atoms with Crippen LogP contribution in [-0.2, 0) is 11.2 Å². The van der Waals surface area contributed by atoms with E-state index >= 15 is 0 Å². The fourth-order valence-corrected chi connectivity index (χ4v) is 2.44. The molecule has 1 aromatic rings. The van der Waals surface area contributed by atoms with Crippen molar-refractivity contribution >= 4 is 5.82 Å². The fraction of sp³-hybridized carbons (Fsp3) is 0.714. The Morgan fingerprint density at radius 3 is 3.05 bits per heavy atom. The zero-order chi connectivity index (χ0) is 15.2. The van der Waals surface area contributed by atoms with Crippen LogP contribution in [0.25, 0.3) is 0 Å². The normalized spacial score (nSPS) is 22.4. The average Bonchev–Trinajstić information content (AvgIpc) is 2.49. The molecule has 0 amide bonds. The van der Waals surface area contributed by atoms with E-state index in [-0.39, 0.29) is 12.7 Å². The number of aromatic nitrogens is 2. The molecule has 7 heteroatoms. The van der Waals surface area contributed by atoms with Gasteiger partial charge in [0.25, 0.3) is 0 Å². The van der Waals surface area contributed by atoms with Gasteiger partial charge in [-0.2, -0.15) is 4.98 Å². The van der Waals surface area contributed by atoms with Gasteiger partial charge in [-0.25, -0.2) is 4.79 Å². The van der Waals surface area contributed by atoms with Crippen LogP contribution in [0, 0.1) is 0 Å². The van der Waals surface area contributed by atoms with Gasteiger partial charge < -0.3 is 20.9 Å². The van der Waals surface area contributed by atoms with Gasteiger partial charge in [0.05, 0.1) is 12.7 Å². The fourth-order valence-electron chi connectivity index (χ4n) is 2.44. The molecule has 21 heavy (non-hydrogen) atoms. The molecule has 0 saturated carbocycles. The molecule has 0 aromatic carbocycles. The third kappa shape index (κ3) is 4.03. The van der Waals surface area contributed by atoms with E-state index in [1.807, 2.05) is 0 Å². The minimum atomic E-state index is -0.457. The van der Waals surface area contributed by atoms with Crippen LogP contribution in [0.2, 0.25) is 0 Å². The molecule has 4 N–H and O–H groups in total. The second-order valence-electron chi connectivity index (χ2n) is 5.35. The molecular weight excluding hydrogens is 272 g/mol. The van der Waals surface area contributed by atoms with Gasteiger partial charge in [0.1, 0.15) is 5.82 Å². The van der Waals surface area contributed by atoms with Crippen molar-refractivity contribution < 1.29 is 9.84 Å². The predicted octanol–water partition coefficient (Wildman–Crippen LogP) is 0.0375. The lowest BCUT2D eigenvalue weighted by Gasteiger charge is -2.30. The van der Waals surface area contributed by atoms with E-state index in [4.69, 9.17) is 10.5 Å². The second kappa shape index (κ2) is 7.53. The zero-order valence-electron chi connectivity index (χ0n) is 12.4. The van der Waals surface area contributed by atoms with Crippen LogP contribution >= 0.6 is 0 Å². The van der Waals surface area contributed by atoms with Crippen LogP contribution in [0.15, 0.2) is 11.0 Å². The highest BCUT2D eigenvalue weighted by atomic mass is 16.5. The Kier molecular flexibility index (Phi) is 5.72. The lowest BCUT2D eigenvalue weighted by Crippen LogP contribution is -2.46. The highest BCUT2D eigenvalue weighted by Gasteiger charge is 2.24. The molecule has 2 rings (SSSR count). The summed E-state index contributed by atoms with van der Waals surface area (Å²) in [7, 11) is 0. The molecule has 0 radical (unpaired) electrons. The maximum atomic E-state index is 12.0. The molecule has 0 bridgehead atoms. The minimum absolute atomic E-state index is 0.0794. The molecule has 0 aliphatic carbocycles. The van der Waals surface area contributed by atoms with E-state index in [0.29, 0.717) is 18.9 Å². The van der Waals surface area contributed by atoms with Gasteiger partial charge >= 0.3 is 5.69 Å². The zero-order valence-corrected chi connectivity index (χ0v) is 12.4. The highest BCUT2D eigenvalue weighted by Crippen LogP contribution is 2.16.